The van der Waals surface area contributed by atoms with Crippen molar-refractivity contribution in [1.29, 1.82) is 0 Å². The fraction of sp³-hybridized carbons (Fsp3) is 0.250. The van der Waals surface area contributed by atoms with Crippen LogP contribution in [0.3, 0.4) is 0 Å². The number of fused-ring (bicyclic) bond motifs is 1. The van der Waals surface area contributed by atoms with Crippen LogP contribution >= 0.6 is 0 Å². The van der Waals surface area contributed by atoms with Gasteiger partial charge in [0, 0.05) is 37.1 Å². The van der Waals surface area contributed by atoms with E-state index in [1.807, 2.05) is 24.7 Å². The Kier molecular flexibility index (Phi) is 2.66. The van der Waals surface area contributed by atoms with Crippen LogP contribution in [0.5, 0.6) is 0 Å². The highest BCUT2D eigenvalue weighted by Crippen LogP contribution is 2.30. The van der Waals surface area contributed by atoms with Crippen LogP contribution in [0.2, 0.25) is 0 Å². The summed E-state index contributed by atoms with van der Waals surface area (Å²) < 4.78 is 2.06. The van der Waals surface area contributed by atoms with Gasteiger partial charge >= 0.3 is 0 Å². The summed E-state index contributed by atoms with van der Waals surface area (Å²) in [5, 5.41) is 6.84. The maximum Gasteiger partial charge on any atom is 0.136 e. The third-order valence-electron chi connectivity index (χ3n) is 4.01. The minimum Gasteiger partial charge on any atom is -0.354 e. The van der Waals surface area contributed by atoms with Crippen molar-refractivity contribution in [3.05, 3.63) is 55.0 Å². The molecule has 4 rings (SSSR count). The predicted octanol–water partition coefficient (Wildman–Crippen LogP) is 2.88. The van der Waals surface area contributed by atoms with Gasteiger partial charge in [-0.25, -0.2) is 4.98 Å². The lowest BCUT2D eigenvalue weighted by molar-refractivity contribution is 0.494. The van der Waals surface area contributed by atoms with Crippen molar-refractivity contribution in [3.63, 3.8) is 0 Å². The monoisotopic (exact) mass is 264 g/mol. The highest BCUT2D eigenvalue weighted by molar-refractivity contribution is 5.92. The molecule has 0 N–H and O–H groups in total. The number of rotatable bonds is 2. The fourth-order valence-corrected chi connectivity index (χ4v) is 3.00. The van der Waals surface area contributed by atoms with Gasteiger partial charge in [-0.05, 0) is 23.9 Å². The van der Waals surface area contributed by atoms with Crippen LogP contribution in [-0.2, 0) is 0 Å². The molecule has 20 heavy (non-hydrogen) atoms. The zero-order chi connectivity index (χ0) is 13.4. The molecule has 1 aliphatic rings. The molecule has 1 aromatic carbocycles. The van der Waals surface area contributed by atoms with E-state index in [9.17, 15) is 0 Å². The average molecular weight is 264 g/mol. The average Bonchev–Trinajstić information content (AvgIpc) is 3.17. The maximum absolute atomic E-state index is 4.60. The highest BCUT2D eigenvalue weighted by atomic mass is 15.3. The molecule has 3 heterocycles. The second-order valence-electron chi connectivity index (χ2n) is 5.23. The van der Waals surface area contributed by atoms with Gasteiger partial charge in [-0.3, -0.25) is 4.68 Å². The molecule has 100 valence electrons. The topological polar surface area (TPSA) is 34.0 Å². The van der Waals surface area contributed by atoms with Gasteiger partial charge in [0.15, 0.2) is 0 Å². The molecule has 1 saturated heterocycles. The van der Waals surface area contributed by atoms with E-state index in [0.29, 0.717) is 6.04 Å². The van der Waals surface area contributed by atoms with E-state index < -0.39 is 0 Å². The summed E-state index contributed by atoms with van der Waals surface area (Å²) in [4.78, 5) is 6.97. The predicted molar refractivity (Wildman–Crippen MR) is 79.8 cm³/mol. The summed E-state index contributed by atoms with van der Waals surface area (Å²) in [6, 6.07) is 12.9. The van der Waals surface area contributed by atoms with Gasteiger partial charge in [0.25, 0.3) is 0 Å². The van der Waals surface area contributed by atoms with E-state index in [1.54, 1.807) is 0 Å². The summed E-state index contributed by atoms with van der Waals surface area (Å²) in [7, 11) is 0. The Morgan fingerprint density at radius 1 is 1.05 bits per heavy atom. The highest BCUT2D eigenvalue weighted by Gasteiger charge is 2.25. The first kappa shape index (κ1) is 11.5. The van der Waals surface area contributed by atoms with E-state index in [-0.39, 0.29) is 0 Å². The van der Waals surface area contributed by atoms with Gasteiger partial charge in [-0.1, -0.05) is 24.3 Å². The van der Waals surface area contributed by atoms with Crippen molar-refractivity contribution in [1.82, 2.24) is 14.8 Å². The molecule has 2 aromatic heterocycles. The molecule has 3 aromatic rings. The molecule has 1 aliphatic heterocycles. The smallest absolute Gasteiger partial charge is 0.136 e. The first-order valence-corrected chi connectivity index (χ1v) is 6.99. The van der Waals surface area contributed by atoms with Crippen LogP contribution in [0.15, 0.2) is 55.0 Å². The molecular formula is C16H16N4. The van der Waals surface area contributed by atoms with Crippen molar-refractivity contribution < 1.29 is 0 Å². The quantitative estimate of drug-likeness (QED) is 0.713. The van der Waals surface area contributed by atoms with Crippen molar-refractivity contribution in [3.8, 4) is 0 Å². The van der Waals surface area contributed by atoms with Crippen LogP contribution in [0.25, 0.3) is 10.8 Å². The molecule has 1 fully saturated rings. The normalized spacial score (nSPS) is 18.8. The van der Waals surface area contributed by atoms with Gasteiger partial charge < -0.3 is 4.90 Å². The van der Waals surface area contributed by atoms with Crippen LogP contribution in [-0.4, -0.2) is 27.9 Å². The fourth-order valence-electron chi connectivity index (χ4n) is 3.00. The lowest BCUT2D eigenvalue weighted by atomic mass is 10.1. The van der Waals surface area contributed by atoms with Gasteiger partial charge in [0.2, 0.25) is 0 Å². The van der Waals surface area contributed by atoms with E-state index in [4.69, 9.17) is 0 Å². The van der Waals surface area contributed by atoms with Crippen molar-refractivity contribution in [2.75, 3.05) is 18.0 Å². The lowest BCUT2D eigenvalue weighted by Crippen LogP contribution is -2.22. The summed E-state index contributed by atoms with van der Waals surface area (Å²) in [5.41, 5.74) is 0. The SMILES string of the molecule is c1ccc2c(N3CCC(n4cccn4)C3)nccc2c1. The molecule has 1 unspecified atom stereocenters. The molecule has 0 radical (unpaired) electrons. The van der Waals surface area contributed by atoms with Crippen molar-refractivity contribution in [2.24, 2.45) is 0 Å². The second kappa shape index (κ2) is 4.63. The molecule has 0 saturated carbocycles. The molecule has 0 amide bonds. The molecular weight excluding hydrogens is 248 g/mol. The minimum absolute atomic E-state index is 0.450. The van der Waals surface area contributed by atoms with Crippen LogP contribution in [0, 0.1) is 0 Å². The Labute approximate surface area is 117 Å². The number of pyridine rings is 1. The molecule has 0 spiro atoms. The summed E-state index contributed by atoms with van der Waals surface area (Å²) in [6.45, 7) is 2.01. The molecule has 0 aliphatic carbocycles. The number of hydrogen-bond donors (Lipinski definition) is 0. The number of benzene rings is 1. The standard InChI is InChI=1S/C16H16N4/c1-2-5-15-13(4-1)6-9-17-16(15)19-11-7-14(12-19)20-10-3-8-18-20/h1-6,8-10,14H,7,11-12H2. The van der Waals surface area contributed by atoms with Gasteiger partial charge in [0.05, 0.1) is 6.04 Å². The zero-order valence-corrected chi connectivity index (χ0v) is 11.2. The molecule has 4 heteroatoms. The van der Waals surface area contributed by atoms with Crippen LogP contribution in [0.4, 0.5) is 5.82 Å². The third-order valence-corrected chi connectivity index (χ3v) is 4.01. The first-order chi connectivity index (χ1) is 9.92. The zero-order valence-electron chi connectivity index (χ0n) is 11.2. The van der Waals surface area contributed by atoms with Gasteiger partial charge in [-0.15, -0.1) is 0 Å². The number of aromatic nitrogens is 3. The summed E-state index contributed by atoms with van der Waals surface area (Å²) in [5.74, 6) is 1.10. The first-order valence-electron chi connectivity index (χ1n) is 6.99. The Balaban J connectivity index is 1.68. The lowest BCUT2D eigenvalue weighted by Gasteiger charge is -2.19. The largest absolute Gasteiger partial charge is 0.354 e. The summed E-state index contributed by atoms with van der Waals surface area (Å²) in [6.07, 6.45) is 6.91. The number of nitrogens with zero attached hydrogens (tertiary/aromatic N) is 4. The van der Waals surface area contributed by atoms with Crippen molar-refractivity contribution in [2.45, 2.75) is 12.5 Å². The van der Waals surface area contributed by atoms with Gasteiger partial charge in [0.1, 0.15) is 5.82 Å². The Hall–Kier alpha value is -2.36. The van der Waals surface area contributed by atoms with E-state index in [0.717, 1.165) is 25.3 Å². The van der Waals surface area contributed by atoms with Crippen LogP contribution in [0.1, 0.15) is 12.5 Å². The number of anilines is 1. The molecule has 1 atom stereocenters. The Bertz CT molecular complexity index is 715. The van der Waals surface area contributed by atoms with Gasteiger partial charge in [-0.2, -0.15) is 5.10 Å². The summed E-state index contributed by atoms with van der Waals surface area (Å²) >= 11 is 0. The van der Waals surface area contributed by atoms with Crippen LogP contribution < -0.4 is 4.90 Å². The van der Waals surface area contributed by atoms with Crippen molar-refractivity contribution >= 4 is 16.6 Å². The third kappa shape index (κ3) is 1.84. The maximum atomic E-state index is 4.60. The van der Waals surface area contributed by atoms with E-state index in [2.05, 4.69) is 50.0 Å². The number of hydrogen-bond acceptors (Lipinski definition) is 3. The Morgan fingerprint density at radius 2 is 2.00 bits per heavy atom. The van der Waals surface area contributed by atoms with E-state index >= 15 is 0 Å². The minimum atomic E-state index is 0.450. The molecule has 0 bridgehead atoms. The molecule has 4 nitrogen and oxygen atoms in total. The second-order valence-corrected chi connectivity index (χ2v) is 5.23. The van der Waals surface area contributed by atoms with E-state index in [1.165, 1.54) is 10.8 Å². The Morgan fingerprint density at radius 3 is 2.90 bits per heavy atom.